The van der Waals surface area contributed by atoms with Gasteiger partial charge in [0.05, 0.1) is 22.1 Å². The highest BCUT2D eigenvalue weighted by Gasteiger charge is 2.30. The highest BCUT2D eigenvalue weighted by atomic mass is 35.5. The zero-order valence-electron chi connectivity index (χ0n) is 22.0. The molecule has 202 valence electrons. The summed E-state index contributed by atoms with van der Waals surface area (Å²) in [7, 11) is 2.20. The van der Waals surface area contributed by atoms with Gasteiger partial charge in [0.2, 0.25) is 0 Å². The number of fused-ring (bicyclic) bond motifs is 1. The monoisotopic (exact) mass is 544 g/mol. The summed E-state index contributed by atoms with van der Waals surface area (Å²) in [6.07, 6.45) is 7.53. The maximum absolute atomic E-state index is 10.0. The number of benzene rings is 2. The van der Waals surface area contributed by atoms with E-state index in [0.29, 0.717) is 28.1 Å². The summed E-state index contributed by atoms with van der Waals surface area (Å²) in [6.45, 7) is 4.59. The summed E-state index contributed by atoms with van der Waals surface area (Å²) < 4.78 is 2.06. The second-order valence-corrected chi connectivity index (χ2v) is 10.9. The van der Waals surface area contributed by atoms with E-state index in [4.69, 9.17) is 22.4 Å². The van der Waals surface area contributed by atoms with E-state index in [9.17, 15) is 5.11 Å². The number of para-hydroxylation sites is 1. The Morgan fingerprint density at radius 1 is 1.00 bits per heavy atom. The lowest BCUT2D eigenvalue weighted by molar-refractivity contribution is 0.0815. The zero-order chi connectivity index (χ0) is 26.9. The Kier molecular flexibility index (Phi) is 7.20. The van der Waals surface area contributed by atoms with Crippen LogP contribution in [0.25, 0.3) is 22.3 Å². The molecule has 0 bridgehead atoms. The molecule has 9 nitrogen and oxygen atoms in total. The Labute approximate surface area is 232 Å². The molecule has 39 heavy (non-hydrogen) atoms. The van der Waals surface area contributed by atoms with Gasteiger partial charge in [0.15, 0.2) is 5.65 Å². The van der Waals surface area contributed by atoms with Crippen molar-refractivity contribution >= 4 is 40.4 Å². The lowest BCUT2D eigenvalue weighted by Crippen LogP contribution is -2.49. The van der Waals surface area contributed by atoms with E-state index in [1.807, 2.05) is 24.3 Å². The number of piperazine rings is 1. The maximum atomic E-state index is 10.0. The molecule has 3 N–H and O–H groups in total. The van der Waals surface area contributed by atoms with E-state index in [-0.39, 0.29) is 11.8 Å². The number of anilines is 1. The van der Waals surface area contributed by atoms with Gasteiger partial charge in [-0.1, -0.05) is 29.8 Å². The number of nitrogen functional groups attached to an aromatic ring is 1. The molecule has 2 aliphatic rings. The van der Waals surface area contributed by atoms with E-state index >= 15 is 0 Å². The average Bonchev–Trinajstić information content (AvgIpc) is 3.35. The quantitative estimate of drug-likeness (QED) is 0.343. The SMILES string of the molecule is CN1CCN(C2CCC(n3nc(-c4ccc(N=Cc5ccccc5O)c(Cl)c4)c4c(N)ncnc43)CC2)CC1. The Balaban J connectivity index is 1.26. The minimum Gasteiger partial charge on any atom is -0.507 e. The fourth-order valence-electron chi connectivity index (χ4n) is 5.80. The number of halogens is 1. The number of rotatable bonds is 5. The number of aromatic nitrogens is 4. The molecule has 1 aliphatic heterocycles. The zero-order valence-corrected chi connectivity index (χ0v) is 22.8. The molecule has 3 heterocycles. The molecule has 2 aromatic carbocycles. The van der Waals surface area contributed by atoms with Gasteiger partial charge in [0.1, 0.15) is 23.6 Å². The van der Waals surface area contributed by atoms with Crippen molar-refractivity contribution in [2.45, 2.75) is 37.8 Å². The van der Waals surface area contributed by atoms with Crippen molar-refractivity contribution in [3.05, 3.63) is 59.4 Å². The van der Waals surface area contributed by atoms with Gasteiger partial charge in [0.25, 0.3) is 0 Å². The predicted octanol–water partition coefficient (Wildman–Crippen LogP) is 4.92. The maximum Gasteiger partial charge on any atom is 0.164 e. The molecule has 0 amide bonds. The molecular formula is C29H33ClN8O. The molecule has 6 rings (SSSR count). The van der Waals surface area contributed by atoms with Gasteiger partial charge in [-0.05, 0) is 57.0 Å². The molecule has 1 aliphatic carbocycles. The van der Waals surface area contributed by atoms with Crippen LogP contribution in [-0.4, -0.2) is 80.1 Å². The number of aromatic hydroxyl groups is 1. The molecule has 0 spiro atoms. The van der Waals surface area contributed by atoms with E-state index < -0.39 is 0 Å². The molecule has 1 saturated carbocycles. The van der Waals surface area contributed by atoms with Gasteiger partial charge in [-0.3, -0.25) is 9.89 Å². The van der Waals surface area contributed by atoms with Crippen LogP contribution in [0, 0.1) is 0 Å². The molecule has 0 unspecified atom stereocenters. The normalized spacial score (nSPS) is 21.2. The van der Waals surface area contributed by atoms with Crippen molar-refractivity contribution < 1.29 is 5.11 Å². The van der Waals surface area contributed by atoms with Crippen LogP contribution in [0.15, 0.2) is 53.8 Å². The Hall–Kier alpha value is -3.53. The van der Waals surface area contributed by atoms with Gasteiger partial charge in [0, 0.05) is 49.6 Å². The van der Waals surface area contributed by atoms with Crippen molar-refractivity contribution in [3.8, 4) is 17.0 Å². The van der Waals surface area contributed by atoms with E-state index in [2.05, 4.69) is 36.5 Å². The van der Waals surface area contributed by atoms with Crippen LogP contribution in [0.5, 0.6) is 5.75 Å². The second-order valence-electron chi connectivity index (χ2n) is 10.5. The van der Waals surface area contributed by atoms with Crippen LogP contribution < -0.4 is 5.73 Å². The van der Waals surface area contributed by atoms with Crippen molar-refractivity contribution in [3.63, 3.8) is 0 Å². The fourth-order valence-corrected chi connectivity index (χ4v) is 6.03. The summed E-state index contributed by atoms with van der Waals surface area (Å²) in [6, 6.07) is 13.6. The topological polar surface area (TPSA) is 109 Å². The summed E-state index contributed by atoms with van der Waals surface area (Å²) in [5, 5.41) is 16.3. The van der Waals surface area contributed by atoms with Crippen LogP contribution in [0.4, 0.5) is 11.5 Å². The average molecular weight is 545 g/mol. The Bertz CT molecular complexity index is 1500. The lowest BCUT2D eigenvalue weighted by atomic mass is 9.90. The minimum atomic E-state index is 0.166. The van der Waals surface area contributed by atoms with Crippen molar-refractivity contribution in [1.29, 1.82) is 0 Å². The second kappa shape index (κ2) is 10.9. The smallest absolute Gasteiger partial charge is 0.164 e. The van der Waals surface area contributed by atoms with Crippen molar-refractivity contribution in [1.82, 2.24) is 29.5 Å². The largest absolute Gasteiger partial charge is 0.507 e. The van der Waals surface area contributed by atoms with Crippen molar-refractivity contribution in [2.24, 2.45) is 4.99 Å². The Morgan fingerprint density at radius 3 is 2.49 bits per heavy atom. The first-order valence-corrected chi connectivity index (χ1v) is 13.9. The van der Waals surface area contributed by atoms with Gasteiger partial charge in [-0.2, -0.15) is 5.10 Å². The van der Waals surface area contributed by atoms with Crippen molar-refractivity contribution in [2.75, 3.05) is 39.0 Å². The van der Waals surface area contributed by atoms with Crippen LogP contribution in [0.3, 0.4) is 0 Å². The third kappa shape index (κ3) is 5.22. The van der Waals surface area contributed by atoms with Crippen LogP contribution in [0.2, 0.25) is 5.02 Å². The number of nitrogens with zero attached hydrogens (tertiary/aromatic N) is 7. The van der Waals surface area contributed by atoms with Crippen LogP contribution in [-0.2, 0) is 0 Å². The third-order valence-corrected chi connectivity index (χ3v) is 8.39. The predicted molar refractivity (Wildman–Crippen MR) is 156 cm³/mol. The van der Waals surface area contributed by atoms with Gasteiger partial charge in [-0.15, -0.1) is 0 Å². The molecular weight excluding hydrogens is 512 g/mol. The standard InChI is InChI=1S/C29H33ClN8O/c1-36-12-14-37(15-13-36)21-7-9-22(10-8-21)38-29-26(28(31)33-18-34-29)27(35-38)19-6-11-24(23(30)16-19)32-17-20-4-2-3-5-25(20)39/h2-6,11,16-18,21-22,39H,7-10,12-15H2,1H3,(H2,31,33,34). The van der Waals surface area contributed by atoms with E-state index in [1.54, 1.807) is 24.4 Å². The lowest BCUT2D eigenvalue weighted by Gasteiger charge is -2.41. The molecule has 1 saturated heterocycles. The number of phenols is 1. The highest BCUT2D eigenvalue weighted by Crippen LogP contribution is 2.38. The third-order valence-electron chi connectivity index (χ3n) is 8.09. The first-order chi connectivity index (χ1) is 19.0. The van der Waals surface area contributed by atoms with E-state index in [0.717, 1.165) is 74.2 Å². The number of nitrogens with two attached hydrogens (primary N) is 1. The minimum absolute atomic E-state index is 0.166. The molecule has 0 radical (unpaired) electrons. The summed E-state index contributed by atoms with van der Waals surface area (Å²) in [5.41, 5.74) is 9.90. The van der Waals surface area contributed by atoms with Gasteiger partial charge in [-0.25, -0.2) is 14.6 Å². The number of hydrogen-bond acceptors (Lipinski definition) is 8. The van der Waals surface area contributed by atoms with E-state index in [1.165, 1.54) is 6.33 Å². The number of likely N-dealkylation sites (N-methyl/N-ethyl adjacent to an activating group) is 1. The number of hydrogen-bond donors (Lipinski definition) is 2. The van der Waals surface area contributed by atoms with Crippen LogP contribution >= 0.6 is 11.6 Å². The summed E-state index contributed by atoms with van der Waals surface area (Å²) >= 11 is 6.65. The number of aliphatic imine (C=N–C) groups is 1. The summed E-state index contributed by atoms with van der Waals surface area (Å²) in [4.78, 5) is 18.4. The Morgan fingerprint density at radius 2 is 1.74 bits per heavy atom. The first kappa shape index (κ1) is 25.7. The fraction of sp³-hybridized carbons (Fsp3) is 0.379. The molecule has 0 atom stereocenters. The molecule has 2 fully saturated rings. The molecule has 4 aromatic rings. The number of phenolic OH excluding ortho intramolecular Hbond substituents is 1. The summed E-state index contributed by atoms with van der Waals surface area (Å²) in [5.74, 6) is 0.573. The van der Waals surface area contributed by atoms with Crippen LogP contribution in [0.1, 0.15) is 37.3 Å². The molecule has 2 aromatic heterocycles. The van der Waals surface area contributed by atoms with Gasteiger partial charge >= 0.3 is 0 Å². The van der Waals surface area contributed by atoms with Gasteiger partial charge < -0.3 is 15.7 Å². The highest BCUT2D eigenvalue weighted by molar-refractivity contribution is 6.33. The first-order valence-electron chi connectivity index (χ1n) is 13.5. The molecule has 10 heteroatoms.